The predicted octanol–water partition coefficient (Wildman–Crippen LogP) is 4.62. The molecule has 1 amide bonds. The second kappa shape index (κ2) is 8.68. The van der Waals surface area contributed by atoms with Gasteiger partial charge in [0.1, 0.15) is 23.1 Å². The van der Waals surface area contributed by atoms with Crippen LogP contribution in [-0.4, -0.2) is 17.8 Å². The third kappa shape index (κ3) is 4.71. The molecule has 2 aromatic carbocycles. The van der Waals surface area contributed by atoms with Gasteiger partial charge in [0, 0.05) is 11.3 Å². The molecule has 0 aliphatic rings. The molecule has 0 aromatic heterocycles. The maximum absolute atomic E-state index is 13.6. The number of ether oxygens (including phenoxy) is 1. The number of halogens is 2. The maximum atomic E-state index is 13.6. The Balaban J connectivity index is 1.97. The van der Waals surface area contributed by atoms with Crippen LogP contribution < -0.4 is 10.1 Å². The zero-order valence-electron chi connectivity index (χ0n) is 13.5. The van der Waals surface area contributed by atoms with E-state index >= 15 is 0 Å². The van der Waals surface area contributed by atoms with Crippen LogP contribution in [0.4, 0.5) is 14.5 Å². The Morgan fingerprint density at radius 3 is 2.50 bits per heavy atom. The molecule has 0 saturated heterocycles. The molecular weight excluding hydrogens is 332 g/mol. The van der Waals surface area contributed by atoms with Crippen LogP contribution in [0.3, 0.4) is 0 Å². The molecule has 1 N–H and O–H groups in total. The van der Waals surface area contributed by atoms with Gasteiger partial charge in [-0.05, 0) is 32.0 Å². The molecule has 0 fully saturated rings. The lowest BCUT2D eigenvalue weighted by molar-refractivity contribution is -0.115. The molecule has 2 aromatic rings. The molecule has 0 spiro atoms. The summed E-state index contributed by atoms with van der Waals surface area (Å²) in [6, 6.07) is 11.1. The summed E-state index contributed by atoms with van der Waals surface area (Å²) in [5, 5.41) is 1.84. The van der Waals surface area contributed by atoms with E-state index in [1.54, 1.807) is 6.92 Å². The minimum absolute atomic E-state index is 0.412. The lowest BCUT2D eigenvalue weighted by Gasteiger charge is -2.14. The summed E-state index contributed by atoms with van der Waals surface area (Å²) in [5.74, 6) is -0.688. The Morgan fingerprint density at radius 2 is 1.83 bits per heavy atom. The van der Waals surface area contributed by atoms with E-state index in [9.17, 15) is 13.6 Å². The number of rotatable bonds is 7. The van der Waals surface area contributed by atoms with Gasteiger partial charge in [0.2, 0.25) is 5.91 Å². The van der Waals surface area contributed by atoms with Crippen molar-refractivity contribution in [3.63, 3.8) is 0 Å². The highest BCUT2D eigenvalue weighted by Gasteiger charge is 2.18. The van der Waals surface area contributed by atoms with Gasteiger partial charge in [-0.25, -0.2) is 8.78 Å². The molecule has 6 heteroatoms. The lowest BCUT2D eigenvalue weighted by Crippen LogP contribution is -2.23. The van der Waals surface area contributed by atoms with Crippen molar-refractivity contribution >= 4 is 23.4 Å². The molecule has 0 radical (unpaired) electrons. The van der Waals surface area contributed by atoms with Crippen LogP contribution in [0, 0.1) is 11.6 Å². The van der Waals surface area contributed by atoms with Crippen molar-refractivity contribution in [1.82, 2.24) is 0 Å². The van der Waals surface area contributed by atoms with Gasteiger partial charge >= 0.3 is 0 Å². The van der Waals surface area contributed by atoms with Gasteiger partial charge in [0.25, 0.3) is 0 Å². The van der Waals surface area contributed by atoms with Crippen molar-refractivity contribution in [2.24, 2.45) is 0 Å². The van der Waals surface area contributed by atoms with Gasteiger partial charge in [0.15, 0.2) is 0 Å². The SMILES string of the molecule is CCOc1ccccc1CSC(C)C(=O)Nc1c(F)cccc1F. The average molecular weight is 351 g/mol. The number of para-hydroxylation sites is 2. The highest BCUT2D eigenvalue weighted by atomic mass is 32.2. The fourth-order valence-corrected chi connectivity index (χ4v) is 2.93. The van der Waals surface area contributed by atoms with Crippen molar-refractivity contribution in [3.05, 3.63) is 59.7 Å². The number of amides is 1. The second-order valence-electron chi connectivity index (χ2n) is 5.08. The molecule has 0 bridgehead atoms. The topological polar surface area (TPSA) is 38.3 Å². The molecule has 0 saturated carbocycles. The van der Waals surface area contributed by atoms with E-state index in [1.807, 2.05) is 31.2 Å². The highest BCUT2D eigenvalue weighted by molar-refractivity contribution is 7.99. The van der Waals surface area contributed by atoms with Gasteiger partial charge in [-0.3, -0.25) is 4.79 Å². The van der Waals surface area contributed by atoms with E-state index in [0.717, 1.165) is 23.4 Å². The Labute approximate surface area is 144 Å². The molecule has 0 aliphatic heterocycles. The van der Waals surface area contributed by atoms with E-state index in [-0.39, 0.29) is 0 Å². The zero-order chi connectivity index (χ0) is 17.5. The van der Waals surface area contributed by atoms with E-state index in [1.165, 1.54) is 17.8 Å². The van der Waals surface area contributed by atoms with Crippen LogP contribution in [0.1, 0.15) is 19.4 Å². The Hall–Kier alpha value is -2.08. The molecule has 3 nitrogen and oxygen atoms in total. The normalized spacial score (nSPS) is 11.8. The monoisotopic (exact) mass is 351 g/mol. The summed E-state index contributed by atoms with van der Waals surface area (Å²) in [5.41, 5.74) is 0.561. The van der Waals surface area contributed by atoms with Crippen LogP contribution in [0.15, 0.2) is 42.5 Å². The predicted molar refractivity (Wildman–Crippen MR) is 93.4 cm³/mol. The maximum Gasteiger partial charge on any atom is 0.237 e. The summed E-state index contributed by atoms with van der Waals surface area (Å²) in [6.07, 6.45) is 0. The fraction of sp³-hybridized carbons (Fsp3) is 0.278. The summed E-state index contributed by atoms with van der Waals surface area (Å²) >= 11 is 1.37. The molecule has 2 rings (SSSR count). The first-order valence-electron chi connectivity index (χ1n) is 7.60. The fourth-order valence-electron chi connectivity index (χ4n) is 2.05. The van der Waals surface area contributed by atoms with E-state index in [2.05, 4.69) is 5.32 Å². The standard InChI is InChI=1S/C18H19F2NO2S/c1-3-23-16-10-5-4-7-13(16)11-24-12(2)18(22)21-17-14(19)8-6-9-15(17)20/h4-10,12H,3,11H2,1-2H3,(H,21,22). The summed E-state index contributed by atoms with van der Waals surface area (Å²) < 4.78 is 32.7. The number of nitrogens with one attached hydrogen (secondary N) is 1. The van der Waals surface area contributed by atoms with Gasteiger partial charge < -0.3 is 10.1 Å². The summed E-state index contributed by atoms with van der Waals surface area (Å²) in [7, 11) is 0. The van der Waals surface area contributed by atoms with Gasteiger partial charge in [-0.2, -0.15) is 0 Å². The Bertz CT molecular complexity index is 689. The molecule has 128 valence electrons. The number of carbonyl (C=O) groups excluding carboxylic acids is 1. The molecule has 1 unspecified atom stereocenters. The van der Waals surface area contributed by atoms with Gasteiger partial charge in [-0.15, -0.1) is 11.8 Å². The Kier molecular flexibility index (Phi) is 6.61. The van der Waals surface area contributed by atoms with Gasteiger partial charge in [0.05, 0.1) is 11.9 Å². The van der Waals surface area contributed by atoms with E-state index in [4.69, 9.17) is 4.74 Å². The van der Waals surface area contributed by atoms with Crippen molar-refractivity contribution in [1.29, 1.82) is 0 Å². The third-order valence-corrected chi connectivity index (χ3v) is 4.53. The third-order valence-electron chi connectivity index (χ3n) is 3.34. The van der Waals surface area contributed by atoms with Crippen molar-refractivity contribution in [2.45, 2.75) is 24.9 Å². The number of thioether (sulfide) groups is 1. The van der Waals surface area contributed by atoms with E-state index in [0.29, 0.717) is 12.4 Å². The summed E-state index contributed by atoms with van der Waals surface area (Å²) in [4.78, 5) is 12.2. The van der Waals surface area contributed by atoms with Crippen LogP contribution in [-0.2, 0) is 10.5 Å². The number of benzene rings is 2. The quantitative estimate of drug-likeness (QED) is 0.791. The van der Waals surface area contributed by atoms with Crippen molar-refractivity contribution in [2.75, 3.05) is 11.9 Å². The molecular formula is C18H19F2NO2S. The average Bonchev–Trinajstić information content (AvgIpc) is 2.57. The van der Waals surface area contributed by atoms with Crippen molar-refractivity contribution < 1.29 is 18.3 Å². The molecule has 0 aliphatic carbocycles. The number of hydrogen-bond donors (Lipinski definition) is 1. The van der Waals surface area contributed by atoms with Crippen LogP contribution in [0.5, 0.6) is 5.75 Å². The highest BCUT2D eigenvalue weighted by Crippen LogP contribution is 2.26. The van der Waals surface area contributed by atoms with Gasteiger partial charge in [-0.1, -0.05) is 24.3 Å². The number of carbonyl (C=O) groups is 1. The minimum atomic E-state index is -0.790. The Morgan fingerprint density at radius 1 is 1.17 bits per heavy atom. The number of anilines is 1. The minimum Gasteiger partial charge on any atom is -0.494 e. The first-order chi connectivity index (χ1) is 11.5. The smallest absolute Gasteiger partial charge is 0.237 e. The number of hydrogen-bond acceptors (Lipinski definition) is 3. The molecule has 24 heavy (non-hydrogen) atoms. The van der Waals surface area contributed by atoms with Crippen LogP contribution in [0.2, 0.25) is 0 Å². The van der Waals surface area contributed by atoms with E-state index < -0.39 is 28.5 Å². The van der Waals surface area contributed by atoms with Crippen LogP contribution in [0.25, 0.3) is 0 Å². The van der Waals surface area contributed by atoms with Crippen LogP contribution >= 0.6 is 11.8 Å². The first kappa shape index (κ1) is 18.3. The lowest BCUT2D eigenvalue weighted by atomic mass is 10.2. The van der Waals surface area contributed by atoms with Crippen molar-refractivity contribution in [3.8, 4) is 5.75 Å². The second-order valence-corrected chi connectivity index (χ2v) is 6.41. The zero-order valence-corrected chi connectivity index (χ0v) is 14.3. The summed E-state index contributed by atoms with van der Waals surface area (Å²) in [6.45, 7) is 4.16. The largest absolute Gasteiger partial charge is 0.494 e. The first-order valence-corrected chi connectivity index (χ1v) is 8.65. The molecule has 1 atom stereocenters. The molecule has 0 heterocycles.